The van der Waals surface area contributed by atoms with Gasteiger partial charge in [0, 0.05) is 62.9 Å². The fraction of sp³-hybridized carbons (Fsp3) is 0.873. The highest BCUT2D eigenvalue weighted by molar-refractivity contribution is 6.01. The lowest BCUT2D eigenvalue weighted by Crippen LogP contribution is -2.70. The van der Waals surface area contributed by atoms with E-state index in [-0.39, 0.29) is 75.1 Å². The number of amides is 1. The maximum Gasteiger partial charge on any atom is 0.311 e. The number of fused-ring (bicyclic) bond motifs is 5. The topological polar surface area (TPSA) is 271 Å². The number of aliphatic hydroxyl groups excluding tert-OH is 3. The number of nitrogens with zero attached hydrogens (tertiary/aromatic N) is 1. The van der Waals surface area contributed by atoms with Crippen LogP contribution in [0.1, 0.15) is 148 Å². The Balaban J connectivity index is 1.10. The molecular weight excluding hydrogens is 1090 g/mol. The SMILES string of the molecule is CC[C@H]1OC(=O)[C@H](C)[C@@H](O[C@H]2C[C@@](C)(OC)[C@](O)(CNCCOC(=O)[C@H]3[C@H](C)C[C@H]4[C@@H]5CCC6=CC(=O)C=C[C@]6(C)[C@@]5(F)[C@@H](O)C[C@@]43C)[C@H](C)O2)[C@H](C)[C@@H](O[C@@H]2O[C@H](C)C[C@H](N(C)CC)[C@H]2O)[C@](C)(OC)C[C@@H](C)C(=O)N[C@H](C)[C@@H](O)[C@]1(C)O. The lowest BCUT2D eigenvalue weighted by Gasteiger charge is -2.61. The molecule has 0 spiro atoms. The molecule has 0 bridgehead atoms. The standard InChI is InChI=1S/C63H104FN3O17/c1-18-46-61(14,75)51(71)38(8)66-53(72)34(4)29-59(12,77-16)52(84-56-49(70)44(67(15)19-2)27-35(5)80-56)36(6)50(37(7)54(73)82-46)83-47-31-60(13,78-17)62(76,39(9)81-47)32-65-24-25-79-55(74)48-33(3)26-43-42-21-20-40-28-41(68)22-23-58(40,11)63(42,64)45(69)30-57(43,48)10/h22-23,28,33-39,42-52,56,65,69-71,75-76H,18-21,24-27,29-32H2,1-17H3,(H,66,72)/t33-,34-,35-,36+,37-,38-,39+,42+,43+,44+,45+,46-,47+,48-,49-,50+,51-,52-,56+,57+,58+,59-,60-,61-,62+,63+/m1/s1. The van der Waals surface area contributed by atoms with Crippen LogP contribution in [0.4, 0.5) is 4.39 Å². The van der Waals surface area contributed by atoms with E-state index >= 15 is 4.39 Å². The molecule has 21 heteroatoms. The van der Waals surface area contributed by atoms with Gasteiger partial charge in [0.2, 0.25) is 5.91 Å². The minimum Gasteiger partial charge on any atom is -0.464 e. The number of hydrogen-bond acceptors (Lipinski definition) is 19. The summed E-state index contributed by atoms with van der Waals surface area (Å²) in [7, 11) is 4.87. The smallest absolute Gasteiger partial charge is 0.311 e. The predicted molar refractivity (Wildman–Crippen MR) is 308 cm³/mol. The van der Waals surface area contributed by atoms with E-state index in [9.17, 15) is 44.7 Å². The number of aliphatic hydroxyl groups is 5. The summed E-state index contributed by atoms with van der Waals surface area (Å²) >= 11 is 0. The molecule has 0 aromatic rings. The van der Waals surface area contributed by atoms with E-state index in [1.807, 2.05) is 46.6 Å². The van der Waals surface area contributed by atoms with Crippen molar-refractivity contribution >= 4 is 23.6 Å². The number of nitrogens with one attached hydrogen (secondary N) is 2. The molecule has 480 valence electrons. The molecule has 26 atom stereocenters. The Kier molecular flexibility index (Phi) is 21.0. The lowest BCUT2D eigenvalue weighted by molar-refractivity contribution is -0.337. The van der Waals surface area contributed by atoms with Crippen molar-refractivity contribution in [2.45, 2.75) is 250 Å². The minimum absolute atomic E-state index is 0.0362. The molecule has 7 N–H and O–H groups in total. The van der Waals surface area contributed by atoms with Crippen LogP contribution in [-0.4, -0.2) is 203 Å². The number of alkyl halides is 1. The highest BCUT2D eigenvalue weighted by atomic mass is 19.1. The summed E-state index contributed by atoms with van der Waals surface area (Å²) in [5, 5.41) is 66.1. The molecule has 3 saturated heterocycles. The van der Waals surface area contributed by atoms with Crippen LogP contribution in [0, 0.1) is 52.3 Å². The van der Waals surface area contributed by atoms with Crippen LogP contribution in [-0.2, 0) is 57.1 Å². The van der Waals surface area contributed by atoms with Crippen molar-refractivity contribution in [3.8, 4) is 0 Å². The van der Waals surface area contributed by atoms with Gasteiger partial charge in [0.1, 0.15) is 41.7 Å². The van der Waals surface area contributed by atoms with E-state index in [0.717, 1.165) is 0 Å². The first-order valence-corrected chi connectivity index (χ1v) is 31.0. The second-order valence-corrected chi connectivity index (χ2v) is 27.6. The summed E-state index contributed by atoms with van der Waals surface area (Å²) in [5.74, 6) is -6.10. The number of methoxy groups -OCH3 is 2. The predicted octanol–water partition coefficient (Wildman–Crippen LogP) is 4.87. The Morgan fingerprint density at radius 1 is 0.905 bits per heavy atom. The number of ketones is 1. The van der Waals surface area contributed by atoms with Gasteiger partial charge in [-0.1, -0.05) is 53.2 Å². The number of likely N-dealkylation sites (N-methyl/N-ethyl adjacent to an activating group) is 1. The fourth-order valence-corrected chi connectivity index (χ4v) is 16.6. The van der Waals surface area contributed by atoms with Gasteiger partial charge < -0.3 is 79.0 Å². The van der Waals surface area contributed by atoms with Crippen molar-refractivity contribution in [1.82, 2.24) is 15.5 Å². The number of cyclic esters (lactones) is 1. The Morgan fingerprint density at radius 3 is 2.21 bits per heavy atom. The van der Waals surface area contributed by atoms with Crippen LogP contribution < -0.4 is 10.6 Å². The second-order valence-electron chi connectivity index (χ2n) is 27.6. The van der Waals surface area contributed by atoms with E-state index in [4.69, 9.17) is 37.9 Å². The van der Waals surface area contributed by atoms with E-state index in [0.29, 0.717) is 37.8 Å². The van der Waals surface area contributed by atoms with Crippen molar-refractivity contribution < 1.29 is 87.0 Å². The molecule has 20 nitrogen and oxygen atoms in total. The lowest BCUT2D eigenvalue weighted by atomic mass is 9.45. The molecule has 3 aliphatic heterocycles. The molecule has 4 aliphatic carbocycles. The Morgan fingerprint density at radius 2 is 1.58 bits per heavy atom. The maximum atomic E-state index is 17.8. The summed E-state index contributed by atoms with van der Waals surface area (Å²) in [6.07, 6.45) is -4.49. The molecule has 6 fully saturated rings. The number of carbonyl (C=O) groups is 4. The third kappa shape index (κ3) is 12.2. The molecule has 84 heavy (non-hydrogen) atoms. The van der Waals surface area contributed by atoms with E-state index < -0.39 is 148 Å². The summed E-state index contributed by atoms with van der Waals surface area (Å²) < 4.78 is 69.4. The second kappa shape index (κ2) is 25.8. The largest absolute Gasteiger partial charge is 0.464 e. The minimum atomic E-state index is -2.03. The zero-order valence-corrected chi connectivity index (χ0v) is 53.1. The van der Waals surface area contributed by atoms with Gasteiger partial charge in [-0.3, -0.25) is 19.2 Å². The Bertz CT molecular complexity index is 2420. The van der Waals surface area contributed by atoms with Gasteiger partial charge in [-0.05, 0) is 143 Å². The number of hydrogen-bond donors (Lipinski definition) is 7. The first-order valence-electron chi connectivity index (χ1n) is 31.0. The van der Waals surface area contributed by atoms with Crippen LogP contribution in [0.2, 0.25) is 0 Å². The van der Waals surface area contributed by atoms with Gasteiger partial charge in [0.25, 0.3) is 0 Å². The van der Waals surface area contributed by atoms with Crippen molar-refractivity contribution in [2.75, 3.05) is 47.5 Å². The molecule has 3 saturated carbocycles. The summed E-state index contributed by atoms with van der Waals surface area (Å²) in [6, 6.07) is -1.33. The average molecular weight is 1190 g/mol. The van der Waals surface area contributed by atoms with Gasteiger partial charge in [-0.2, -0.15) is 0 Å². The number of ether oxygens (including phenoxy) is 8. The number of halogens is 1. The zero-order valence-electron chi connectivity index (χ0n) is 53.1. The summed E-state index contributed by atoms with van der Waals surface area (Å²) in [4.78, 5) is 57.4. The monoisotopic (exact) mass is 1190 g/mol. The first kappa shape index (κ1) is 68.5. The summed E-state index contributed by atoms with van der Waals surface area (Å²) in [6.45, 7) is 25.2. The number of rotatable bonds is 15. The number of carbonyl (C=O) groups excluding carboxylic acids is 4. The van der Waals surface area contributed by atoms with Crippen molar-refractivity contribution in [3.05, 3.63) is 23.8 Å². The summed E-state index contributed by atoms with van der Waals surface area (Å²) in [5.41, 5.74) is -9.68. The maximum absolute atomic E-state index is 17.8. The Labute approximate surface area is 497 Å². The van der Waals surface area contributed by atoms with Crippen molar-refractivity contribution in [1.29, 1.82) is 0 Å². The number of allylic oxidation sites excluding steroid dienone is 4. The molecule has 0 aromatic carbocycles. The molecule has 7 rings (SSSR count). The van der Waals surface area contributed by atoms with Crippen LogP contribution in [0.3, 0.4) is 0 Å². The highest BCUT2D eigenvalue weighted by Crippen LogP contribution is 2.70. The van der Waals surface area contributed by atoms with Crippen molar-refractivity contribution in [3.63, 3.8) is 0 Å². The van der Waals surface area contributed by atoms with Gasteiger partial charge in [0.05, 0.1) is 54.0 Å². The van der Waals surface area contributed by atoms with Crippen LogP contribution in [0.25, 0.3) is 0 Å². The average Bonchev–Trinajstić information content (AvgIpc) is 1.26. The van der Waals surface area contributed by atoms with Crippen LogP contribution in [0.15, 0.2) is 23.8 Å². The number of esters is 2. The van der Waals surface area contributed by atoms with Gasteiger partial charge in [0.15, 0.2) is 24.0 Å². The molecule has 1 amide bonds. The molecular formula is C63H104FN3O17. The van der Waals surface area contributed by atoms with Crippen LogP contribution in [0.5, 0.6) is 0 Å². The van der Waals surface area contributed by atoms with Gasteiger partial charge in [-0.25, -0.2) is 4.39 Å². The van der Waals surface area contributed by atoms with Crippen molar-refractivity contribution in [2.24, 2.45) is 52.3 Å². The van der Waals surface area contributed by atoms with E-state index in [1.54, 1.807) is 61.5 Å². The first-order chi connectivity index (χ1) is 39.1. The molecule has 7 aliphatic rings. The van der Waals surface area contributed by atoms with E-state index in [1.165, 1.54) is 33.3 Å². The van der Waals surface area contributed by atoms with Crippen LogP contribution >= 0.6 is 0 Å². The molecule has 0 radical (unpaired) electrons. The van der Waals surface area contributed by atoms with E-state index in [2.05, 4.69) is 10.6 Å². The normalized spacial score (nSPS) is 48.6. The third-order valence-electron chi connectivity index (χ3n) is 22.2. The molecule has 3 heterocycles. The van der Waals surface area contributed by atoms with Gasteiger partial charge in [-0.15, -0.1) is 0 Å². The fourth-order valence-electron chi connectivity index (χ4n) is 16.6. The third-order valence-corrected chi connectivity index (χ3v) is 22.2. The molecule has 0 unspecified atom stereocenters. The highest BCUT2D eigenvalue weighted by Gasteiger charge is 2.72. The zero-order chi connectivity index (χ0) is 62.6. The quantitative estimate of drug-likeness (QED) is 0.0852. The van der Waals surface area contributed by atoms with Gasteiger partial charge >= 0.3 is 11.9 Å². The molecule has 0 aromatic heterocycles. The Hall–Kier alpha value is -3.03.